The van der Waals surface area contributed by atoms with Gasteiger partial charge in [-0.2, -0.15) is 0 Å². The van der Waals surface area contributed by atoms with Crippen LogP contribution in [0.3, 0.4) is 0 Å². The first-order valence-electron chi connectivity index (χ1n) is 8.78. The van der Waals surface area contributed by atoms with Gasteiger partial charge in [0.15, 0.2) is 0 Å². The smallest absolute Gasteiger partial charge is 0.313 e. The minimum atomic E-state index is -0.617. The van der Waals surface area contributed by atoms with Crippen LogP contribution in [-0.4, -0.2) is 51.2 Å². The first-order valence-corrected chi connectivity index (χ1v) is 8.78. The van der Waals surface area contributed by atoms with E-state index >= 15 is 0 Å². The van der Waals surface area contributed by atoms with Crippen molar-refractivity contribution in [3.8, 4) is 0 Å². The number of benzene rings is 1. The first kappa shape index (κ1) is 18.4. The monoisotopic (exact) mass is 334 g/mol. The highest BCUT2D eigenvalue weighted by atomic mass is 16.5. The normalized spacial score (nSPS) is 15.0. The number of anilines is 1. The highest BCUT2D eigenvalue weighted by molar-refractivity contribution is 6.39. The molecule has 6 heteroatoms. The summed E-state index contributed by atoms with van der Waals surface area (Å²) >= 11 is 0. The van der Waals surface area contributed by atoms with Crippen LogP contribution in [-0.2, 0) is 20.7 Å². The fourth-order valence-corrected chi connectivity index (χ4v) is 2.67. The Hall–Kier alpha value is -1.92. The molecular formula is C18H28N3O3+. The lowest BCUT2D eigenvalue weighted by Gasteiger charge is -2.23. The van der Waals surface area contributed by atoms with Gasteiger partial charge in [-0.3, -0.25) is 9.59 Å². The minimum absolute atomic E-state index is 0.498. The second-order valence-corrected chi connectivity index (χ2v) is 6.12. The second-order valence-electron chi connectivity index (χ2n) is 6.12. The fourth-order valence-electron chi connectivity index (χ4n) is 2.67. The van der Waals surface area contributed by atoms with E-state index in [1.54, 1.807) is 0 Å². The molecule has 2 amide bonds. The lowest BCUT2D eigenvalue weighted by molar-refractivity contribution is -0.906. The van der Waals surface area contributed by atoms with Gasteiger partial charge in [0.25, 0.3) is 0 Å². The van der Waals surface area contributed by atoms with Crippen molar-refractivity contribution in [1.82, 2.24) is 5.32 Å². The van der Waals surface area contributed by atoms with Crippen LogP contribution in [0.2, 0.25) is 0 Å². The van der Waals surface area contributed by atoms with Crippen molar-refractivity contribution in [2.24, 2.45) is 0 Å². The third-order valence-electron chi connectivity index (χ3n) is 4.20. The first-order chi connectivity index (χ1) is 11.7. The van der Waals surface area contributed by atoms with Crippen LogP contribution in [0, 0.1) is 0 Å². The maximum absolute atomic E-state index is 11.9. The van der Waals surface area contributed by atoms with E-state index in [4.69, 9.17) is 4.74 Å². The summed E-state index contributed by atoms with van der Waals surface area (Å²) in [6.45, 7) is 6.90. The molecule has 132 valence electrons. The molecule has 1 heterocycles. The number of ether oxygens (including phenoxy) is 1. The van der Waals surface area contributed by atoms with Crippen LogP contribution >= 0.6 is 0 Å². The van der Waals surface area contributed by atoms with E-state index in [0.29, 0.717) is 12.2 Å². The molecule has 1 aromatic rings. The van der Waals surface area contributed by atoms with Crippen LogP contribution < -0.4 is 15.5 Å². The van der Waals surface area contributed by atoms with E-state index in [-0.39, 0.29) is 0 Å². The summed E-state index contributed by atoms with van der Waals surface area (Å²) in [4.78, 5) is 25.1. The molecule has 0 bridgehead atoms. The molecule has 1 aliphatic rings. The topological polar surface area (TPSA) is 71.9 Å². The predicted molar refractivity (Wildman–Crippen MR) is 93.1 cm³/mol. The zero-order chi connectivity index (χ0) is 17.2. The standard InChI is InChI=1S/C18H27N3O3/c1-2-3-4-15-5-7-16(8-6-15)20-18(23)17(22)19-9-10-21-11-13-24-14-12-21/h5-8H,2-4,9-14H2,1H3,(H,19,22)(H,20,23)/p+1. The van der Waals surface area contributed by atoms with E-state index in [1.807, 2.05) is 24.3 Å². The number of unbranched alkanes of at least 4 members (excludes halogenated alkanes) is 1. The quantitative estimate of drug-likeness (QED) is 0.615. The zero-order valence-electron chi connectivity index (χ0n) is 14.4. The number of morpholine rings is 1. The zero-order valence-corrected chi connectivity index (χ0v) is 14.4. The van der Waals surface area contributed by atoms with Crippen molar-refractivity contribution in [3.63, 3.8) is 0 Å². The van der Waals surface area contributed by atoms with Crippen LogP contribution in [0.25, 0.3) is 0 Å². The third kappa shape index (κ3) is 6.29. The summed E-state index contributed by atoms with van der Waals surface area (Å²) in [5.41, 5.74) is 1.89. The van der Waals surface area contributed by atoms with Gasteiger partial charge in [0, 0.05) is 5.69 Å². The van der Waals surface area contributed by atoms with Gasteiger partial charge in [0.05, 0.1) is 26.3 Å². The van der Waals surface area contributed by atoms with Crippen LogP contribution in [0.1, 0.15) is 25.3 Å². The van der Waals surface area contributed by atoms with Gasteiger partial charge in [0.1, 0.15) is 13.1 Å². The summed E-state index contributed by atoms with van der Waals surface area (Å²) in [5, 5.41) is 5.31. The Bertz CT molecular complexity index is 525. The van der Waals surface area contributed by atoms with Crippen LogP contribution in [0.5, 0.6) is 0 Å². The molecule has 2 rings (SSSR count). The molecule has 0 radical (unpaired) electrons. The molecule has 1 aliphatic heterocycles. The Balaban J connectivity index is 1.69. The van der Waals surface area contributed by atoms with Crippen molar-refractivity contribution in [2.75, 3.05) is 44.7 Å². The number of hydrogen-bond acceptors (Lipinski definition) is 3. The molecule has 0 aromatic heterocycles. The molecule has 1 fully saturated rings. The minimum Gasteiger partial charge on any atom is -0.370 e. The number of quaternary nitrogens is 1. The van der Waals surface area contributed by atoms with Gasteiger partial charge >= 0.3 is 11.8 Å². The van der Waals surface area contributed by atoms with Gasteiger partial charge in [0.2, 0.25) is 0 Å². The molecule has 0 unspecified atom stereocenters. The van der Waals surface area contributed by atoms with Crippen molar-refractivity contribution in [3.05, 3.63) is 29.8 Å². The van der Waals surface area contributed by atoms with Gasteiger partial charge < -0.3 is 20.3 Å². The molecule has 24 heavy (non-hydrogen) atoms. The van der Waals surface area contributed by atoms with Crippen molar-refractivity contribution in [2.45, 2.75) is 26.2 Å². The number of amides is 2. The molecule has 0 aliphatic carbocycles. The third-order valence-corrected chi connectivity index (χ3v) is 4.20. The molecule has 0 saturated carbocycles. The molecule has 0 spiro atoms. The summed E-state index contributed by atoms with van der Waals surface area (Å²) in [7, 11) is 0. The Morgan fingerprint density at radius 1 is 1.12 bits per heavy atom. The van der Waals surface area contributed by atoms with E-state index in [2.05, 4.69) is 17.6 Å². The van der Waals surface area contributed by atoms with E-state index in [9.17, 15) is 9.59 Å². The fraction of sp³-hybridized carbons (Fsp3) is 0.556. The Morgan fingerprint density at radius 3 is 2.50 bits per heavy atom. The van der Waals surface area contributed by atoms with Crippen molar-refractivity contribution >= 4 is 17.5 Å². The Labute approximate surface area is 143 Å². The van der Waals surface area contributed by atoms with Gasteiger partial charge in [-0.15, -0.1) is 0 Å². The van der Waals surface area contributed by atoms with E-state index in [0.717, 1.165) is 52.1 Å². The molecule has 0 atom stereocenters. The van der Waals surface area contributed by atoms with Crippen LogP contribution in [0.15, 0.2) is 24.3 Å². The number of aryl methyl sites for hydroxylation is 1. The molecule has 1 aromatic carbocycles. The maximum atomic E-state index is 11.9. The molecule has 6 nitrogen and oxygen atoms in total. The second kappa shape index (κ2) is 10.1. The highest BCUT2D eigenvalue weighted by Crippen LogP contribution is 2.11. The highest BCUT2D eigenvalue weighted by Gasteiger charge is 2.16. The largest absolute Gasteiger partial charge is 0.370 e. The molecule has 3 N–H and O–H groups in total. The lowest BCUT2D eigenvalue weighted by atomic mass is 10.1. The average molecular weight is 334 g/mol. The van der Waals surface area contributed by atoms with Crippen molar-refractivity contribution in [1.29, 1.82) is 0 Å². The van der Waals surface area contributed by atoms with Gasteiger partial charge in [-0.1, -0.05) is 25.5 Å². The average Bonchev–Trinajstić information content (AvgIpc) is 2.62. The van der Waals surface area contributed by atoms with Gasteiger partial charge in [-0.25, -0.2) is 0 Å². The van der Waals surface area contributed by atoms with Crippen molar-refractivity contribution < 1.29 is 19.2 Å². The summed E-state index contributed by atoms with van der Waals surface area (Å²) in [6.07, 6.45) is 3.35. The summed E-state index contributed by atoms with van der Waals surface area (Å²) in [6, 6.07) is 7.66. The number of rotatable bonds is 7. The maximum Gasteiger partial charge on any atom is 0.313 e. The number of hydrogen-bond donors (Lipinski definition) is 3. The van der Waals surface area contributed by atoms with Gasteiger partial charge in [-0.05, 0) is 30.5 Å². The SMILES string of the molecule is CCCCc1ccc(NC(=O)C(=O)NCC[NH+]2CCOCC2)cc1. The lowest BCUT2D eigenvalue weighted by Crippen LogP contribution is -3.14. The molecule has 1 saturated heterocycles. The molecular weight excluding hydrogens is 306 g/mol. The number of carbonyl (C=O) groups excluding carboxylic acids is 2. The number of carbonyl (C=O) groups is 2. The summed E-state index contributed by atoms with van der Waals surface area (Å²) in [5.74, 6) is -1.20. The van der Waals surface area contributed by atoms with E-state index < -0.39 is 11.8 Å². The Kier molecular flexibility index (Phi) is 7.71. The van der Waals surface area contributed by atoms with Crippen LogP contribution in [0.4, 0.5) is 5.69 Å². The van der Waals surface area contributed by atoms with E-state index in [1.165, 1.54) is 10.5 Å². The predicted octanol–water partition coefficient (Wildman–Crippen LogP) is -0.001000. The number of nitrogens with one attached hydrogen (secondary N) is 3. The summed E-state index contributed by atoms with van der Waals surface area (Å²) < 4.78 is 5.29. The Morgan fingerprint density at radius 2 is 1.83 bits per heavy atom.